The van der Waals surface area contributed by atoms with Crippen molar-refractivity contribution in [2.75, 3.05) is 5.75 Å². The van der Waals surface area contributed by atoms with Gasteiger partial charge in [0.2, 0.25) is 0 Å². The summed E-state index contributed by atoms with van der Waals surface area (Å²) in [5.41, 5.74) is 0. The zero-order valence-corrected chi connectivity index (χ0v) is 14.2. The molecule has 0 spiro atoms. The minimum absolute atomic E-state index is 0.0733. The Balaban J connectivity index is 2.76. The van der Waals surface area contributed by atoms with E-state index in [1.807, 2.05) is 13.0 Å². The molecule has 0 aliphatic carbocycles. The maximum Gasteiger partial charge on any atom is 0.118 e. The van der Waals surface area contributed by atoms with E-state index in [4.69, 9.17) is 0 Å². The van der Waals surface area contributed by atoms with Crippen LogP contribution in [0.5, 0.6) is 0 Å². The van der Waals surface area contributed by atoms with Crippen molar-refractivity contribution in [2.24, 2.45) is 11.8 Å². The first-order valence-corrected chi connectivity index (χ1v) is 10.8. The highest BCUT2D eigenvalue weighted by Crippen LogP contribution is 2.45. The Labute approximate surface area is 123 Å². The average molecular weight is 325 g/mol. The molecule has 1 rings (SSSR count). The van der Waals surface area contributed by atoms with Crippen LogP contribution in [0.4, 0.5) is 0 Å². The Morgan fingerprint density at radius 2 is 2.06 bits per heavy atom. The van der Waals surface area contributed by atoms with Crippen molar-refractivity contribution in [3.63, 3.8) is 0 Å². The molecule has 104 valence electrons. The molecule has 0 saturated carbocycles. The summed E-state index contributed by atoms with van der Waals surface area (Å²) in [6.45, 7) is 9.70. The lowest BCUT2D eigenvalue weighted by atomic mass is 10.0. The van der Waals surface area contributed by atoms with Crippen molar-refractivity contribution in [1.29, 1.82) is 0 Å². The fraction of sp³-hybridized carbons (Fsp3) is 0.667. The number of hydrogen-bond donors (Lipinski definition) is 0. The number of allylic oxidation sites excluding steroid dienone is 1. The summed E-state index contributed by atoms with van der Waals surface area (Å²) < 4.78 is 24.4. The van der Waals surface area contributed by atoms with Crippen molar-refractivity contribution < 1.29 is 8.42 Å². The second-order valence-corrected chi connectivity index (χ2v) is 10.5. The van der Waals surface area contributed by atoms with E-state index in [-0.39, 0.29) is 15.1 Å². The highest BCUT2D eigenvalue weighted by atomic mass is 33.1. The van der Waals surface area contributed by atoms with Crippen LogP contribution >= 0.6 is 21.6 Å². The van der Waals surface area contributed by atoms with Gasteiger partial charge >= 0.3 is 0 Å². The second-order valence-electron chi connectivity index (χ2n) is 4.25. The molecule has 2 nitrogen and oxygen atoms in total. The molecule has 1 aliphatic rings. The van der Waals surface area contributed by atoms with E-state index in [1.165, 1.54) is 0 Å². The summed E-state index contributed by atoms with van der Waals surface area (Å²) in [7, 11) is 1.17. The van der Waals surface area contributed by atoms with Gasteiger partial charge in [0.15, 0.2) is 0 Å². The molecule has 1 saturated heterocycles. The summed E-state index contributed by atoms with van der Waals surface area (Å²) in [4.78, 5) is 0. The van der Waals surface area contributed by atoms with Gasteiger partial charge in [-0.25, -0.2) is 0 Å². The Bertz CT molecular complexity index is 367. The van der Waals surface area contributed by atoms with Crippen molar-refractivity contribution >= 4 is 43.2 Å². The highest BCUT2D eigenvalue weighted by molar-refractivity contribution is 8.78. The molecule has 0 amide bonds. The smallest absolute Gasteiger partial charge is 0.118 e. The van der Waals surface area contributed by atoms with Crippen LogP contribution in [0.3, 0.4) is 0 Å². The summed E-state index contributed by atoms with van der Waals surface area (Å²) in [5, 5.41) is 1.66. The maximum atomic E-state index is 12.5. The van der Waals surface area contributed by atoms with E-state index < -0.39 is 21.6 Å². The van der Waals surface area contributed by atoms with Crippen molar-refractivity contribution in [2.45, 2.75) is 29.9 Å². The summed E-state index contributed by atoms with van der Waals surface area (Å²) in [6, 6.07) is 0. The van der Waals surface area contributed by atoms with Gasteiger partial charge in [0.1, 0.15) is 4.58 Å². The lowest BCUT2D eigenvalue weighted by Gasteiger charge is -2.15. The van der Waals surface area contributed by atoms with Gasteiger partial charge in [-0.1, -0.05) is 47.6 Å². The minimum Gasteiger partial charge on any atom is -0.257 e. The molecule has 1 heterocycles. The van der Waals surface area contributed by atoms with Crippen LogP contribution in [0.2, 0.25) is 0 Å². The Morgan fingerprint density at radius 3 is 2.61 bits per heavy atom. The number of rotatable bonds is 6. The van der Waals surface area contributed by atoms with E-state index in [0.717, 1.165) is 5.75 Å². The van der Waals surface area contributed by atoms with Gasteiger partial charge in [-0.2, -0.15) is 0 Å². The quantitative estimate of drug-likeness (QED) is 0.425. The van der Waals surface area contributed by atoms with Crippen LogP contribution in [0.15, 0.2) is 24.1 Å². The van der Waals surface area contributed by atoms with Crippen LogP contribution < -0.4 is 0 Å². The summed E-state index contributed by atoms with van der Waals surface area (Å²) >= 11 is 0. The third-order valence-corrected chi connectivity index (χ3v) is 11.1. The predicted octanol–water partition coefficient (Wildman–Crippen LogP) is 3.52. The first kappa shape index (κ1) is 16.5. The predicted molar refractivity (Wildman–Crippen MR) is 87.2 cm³/mol. The molecule has 0 aromatic rings. The lowest BCUT2D eigenvalue weighted by molar-refractivity contribution is 0.466. The van der Waals surface area contributed by atoms with Crippen LogP contribution in [-0.4, -0.2) is 23.3 Å². The fourth-order valence-electron chi connectivity index (χ4n) is 1.85. The molecule has 0 aromatic heterocycles. The molecule has 1 fully saturated rings. The monoisotopic (exact) mass is 324 g/mol. The van der Waals surface area contributed by atoms with E-state index >= 15 is 0 Å². The Morgan fingerprint density at radius 1 is 1.39 bits per heavy atom. The molecular weight excluding hydrogens is 304 g/mol. The lowest BCUT2D eigenvalue weighted by Crippen LogP contribution is -2.22. The third kappa shape index (κ3) is 3.74. The highest BCUT2D eigenvalue weighted by Gasteiger charge is 2.47. The number of hydrogen-bond acceptors (Lipinski definition) is 4. The zero-order chi connectivity index (χ0) is 13.7. The van der Waals surface area contributed by atoms with Crippen molar-refractivity contribution in [1.82, 2.24) is 0 Å². The molecular formula is C12H20O2S4. The average Bonchev–Trinajstić information content (AvgIpc) is 2.53. The van der Waals surface area contributed by atoms with Crippen molar-refractivity contribution in [3.8, 4) is 0 Å². The third-order valence-electron chi connectivity index (χ3n) is 2.99. The Kier molecular flexibility index (Phi) is 7.28. The second kappa shape index (κ2) is 7.92. The molecule has 0 aromatic carbocycles. The molecule has 1 aliphatic heterocycles. The first-order chi connectivity index (χ1) is 8.54. The fourth-order valence-corrected chi connectivity index (χ4v) is 10.1. The van der Waals surface area contributed by atoms with E-state index in [0.29, 0.717) is 5.92 Å². The van der Waals surface area contributed by atoms with Crippen LogP contribution in [0.1, 0.15) is 20.8 Å². The Hall–Kier alpha value is 0.480. The van der Waals surface area contributed by atoms with E-state index in [9.17, 15) is 8.42 Å². The van der Waals surface area contributed by atoms with Gasteiger partial charge in [0, 0.05) is 5.75 Å². The standard InChI is InChI=1S/C12H20O2S4/c1-5-7-15-16-11-9(3)10(4)12(18(11)14)17(13)8-6-2/h5-6,8-12H,1,7H2,2-4H3/t9-,10+,11-,12-,17-,18-/m0/s1. The molecule has 18 heavy (non-hydrogen) atoms. The van der Waals surface area contributed by atoms with Crippen LogP contribution in [0.25, 0.3) is 0 Å². The van der Waals surface area contributed by atoms with Crippen molar-refractivity contribution in [3.05, 3.63) is 24.1 Å². The molecule has 6 atom stereocenters. The topological polar surface area (TPSA) is 34.1 Å². The van der Waals surface area contributed by atoms with E-state index in [1.54, 1.807) is 33.1 Å². The molecule has 6 heteroatoms. The maximum absolute atomic E-state index is 12.5. The molecule has 0 N–H and O–H groups in total. The summed E-state index contributed by atoms with van der Waals surface area (Å²) in [6.07, 6.45) is 3.62. The van der Waals surface area contributed by atoms with Gasteiger partial charge in [0.05, 0.1) is 26.2 Å². The van der Waals surface area contributed by atoms with Gasteiger partial charge < -0.3 is 0 Å². The van der Waals surface area contributed by atoms with Gasteiger partial charge in [-0.05, 0) is 24.2 Å². The first-order valence-electron chi connectivity index (χ1n) is 5.85. The van der Waals surface area contributed by atoms with E-state index in [2.05, 4.69) is 20.4 Å². The normalized spacial score (nSPS) is 38.1. The van der Waals surface area contributed by atoms with Gasteiger partial charge in [0.25, 0.3) is 0 Å². The summed E-state index contributed by atoms with van der Waals surface area (Å²) in [5.74, 6) is 1.40. The molecule has 0 radical (unpaired) electrons. The minimum atomic E-state index is -1.13. The zero-order valence-electron chi connectivity index (χ0n) is 10.9. The molecule has 0 unspecified atom stereocenters. The van der Waals surface area contributed by atoms with Crippen LogP contribution in [-0.2, 0) is 21.6 Å². The SMILES string of the molecule is C=CCSS[C@@H]1[C@@H](C)[C@@H](C)[C@@H]([S@@](=O)C=CC)[S@]1=O. The van der Waals surface area contributed by atoms with Gasteiger partial charge in [-0.15, -0.1) is 6.58 Å². The molecule has 0 bridgehead atoms. The van der Waals surface area contributed by atoms with Gasteiger partial charge in [-0.3, -0.25) is 8.42 Å². The largest absolute Gasteiger partial charge is 0.257 e. The van der Waals surface area contributed by atoms with Crippen LogP contribution in [0, 0.1) is 11.8 Å².